The molecule has 2 aliphatic rings. The van der Waals surface area contributed by atoms with Crippen LogP contribution in [0.25, 0.3) is 11.3 Å². The highest BCUT2D eigenvalue weighted by Crippen LogP contribution is 2.49. The molecule has 1 aliphatic carbocycles. The van der Waals surface area contributed by atoms with Crippen LogP contribution in [0.15, 0.2) is 58.3 Å². The van der Waals surface area contributed by atoms with Crippen molar-refractivity contribution in [3.63, 3.8) is 0 Å². The Balaban J connectivity index is 1.63. The molecule has 9 heteroatoms. The van der Waals surface area contributed by atoms with Gasteiger partial charge in [-0.15, -0.1) is 0 Å². The molecule has 1 aromatic carbocycles. The number of methoxy groups -OCH3 is 1. The fourth-order valence-electron chi connectivity index (χ4n) is 5.01. The second kappa shape index (κ2) is 8.51. The monoisotopic (exact) mass is 488 g/mol. The van der Waals surface area contributed by atoms with Gasteiger partial charge in [0.05, 0.1) is 13.2 Å². The van der Waals surface area contributed by atoms with Crippen LogP contribution in [0, 0.1) is 5.92 Å². The van der Waals surface area contributed by atoms with E-state index in [1.165, 1.54) is 6.07 Å². The molecule has 3 aromatic rings. The average Bonchev–Trinajstić information content (AvgIpc) is 3.55. The Kier molecular flexibility index (Phi) is 5.58. The first kappa shape index (κ1) is 23.6. The second-order valence-corrected chi connectivity index (χ2v) is 10.2. The topological polar surface area (TPSA) is 122 Å². The fourth-order valence-corrected chi connectivity index (χ4v) is 5.01. The van der Waals surface area contributed by atoms with Crippen LogP contribution in [0.5, 0.6) is 0 Å². The van der Waals surface area contributed by atoms with Crippen LogP contribution in [0.2, 0.25) is 0 Å². The lowest BCUT2D eigenvalue weighted by Gasteiger charge is -2.34. The third-order valence-corrected chi connectivity index (χ3v) is 6.76. The molecule has 1 aliphatic heterocycles. The Hall–Kier alpha value is -4.14. The summed E-state index contributed by atoms with van der Waals surface area (Å²) >= 11 is 0. The number of aromatic amines is 1. The number of hydrogen-bond donors (Lipinski definition) is 2. The van der Waals surface area contributed by atoms with Gasteiger partial charge in [0, 0.05) is 39.6 Å². The molecule has 1 amide bonds. The van der Waals surface area contributed by atoms with Crippen molar-refractivity contribution >= 4 is 17.6 Å². The maximum Gasteiger partial charge on any atom is 0.358 e. The number of allylic oxidation sites excluding steroid dienone is 2. The molecule has 0 spiro atoms. The molecular formula is C27H28N4O5. The lowest BCUT2D eigenvalue weighted by atomic mass is 9.80. The molecule has 186 valence electrons. The van der Waals surface area contributed by atoms with E-state index in [0.29, 0.717) is 22.7 Å². The molecule has 9 nitrogen and oxygen atoms in total. The number of nitrogens with zero attached hydrogens (tertiary/aromatic N) is 3. The summed E-state index contributed by atoms with van der Waals surface area (Å²) in [5.74, 6) is -0.102. The predicted molar refractivity (Wildman–Crippen MR) is 133 cm³/mol. The summed E-state index contributed by atoms with van der Waals surface area (Å²) in [6.45, 7) is 8.43. The number of amides is 1. The first-order chi connectivity index (χ1) is 17.1. The Morgan fingerprint density at radius 2 is 1.97 bits per heavy atom. The Morgan fingerprint density at radius 1 is 1.25 bits per heavy atom. The van der Waals surface area contributed by atoms with E-state index in [9.17, 15) is 9.59 Å². The number of aromatic nitrogens is 3. The molecular weight excluding hydrogens is 460 g/mol. The molecule has 2 unspecified atom stereocenters. The third-order valence-electron chi connectivity index (χ3n) is 6.76. The van der Waals surface area contributed by atoms with E-state index in [-0.39, 0.29) is 29.0 Å². The molecule has 5 rings (SSSR count). The molecule has 0 radical (unpaired) electrons. The first-order valence-corrected chi connectivity index (χ1v) is 11.8. The van der Waals surface area contributed by atoms with Gasteiger partial charge >= 0.3 is 5.97 Å². The highest BCUT2D eigenvalue weighted by Gasteiger charge is 2.47. The maximum atomic E-state index is 13.8. The summed E-state index contributed by atoms with van der Waals surface area (Å²) < 4.78 is 11.0. The van der Waals surface area contributed by atoms with Crippen molar-refractivity contribution in [3.8, 4) is 11.3 Å². The summed E-state index contributed by atoms with van der Waals surface area (Å²) in [6, 6.07) is 8.21. The number of benzene rings is 1. The summed E-state index contributed by atoms with van der Waals surface area (Å²) in [5.41, 5.74) is 4.17. The summed E-state index contributed by atoms with van der Waals surface area (Å²) in [5, 5.41) is 20.3. The van der Waals surface area contributed by atoms with E-state index in [1.54, 1.807) is 24.1 Å². The molecule has 3 heterocycles. The van der Waals surface area contributed by atoms with Crippen LogP contribution in [0.3, 0.4) is 0 Å². The van der Waals surface area contributed by atoms with Crippen LogP contribution < -0.4 is 4.90 Å². The van der Waals surface area contributed by atoms with Gasteiger partial charge in [-0.05, 0) is 42.7 Å². The maximum absolute atomic E-state index is 13.8. The predicted octanol–water partition coefficient (Wildman–Crippen LogP) is 5.26. The Morgan fingerprint density at radius 3 is 2.58 bits per heavy atom. The molecule has 0 saturated heterocycles. The van der Waals surface area contributed by atoms with Crippen molar-refractivity contribution in [2.24, 2.45) is 5.92 Å². The third kappa shape index (κ3) is 3.71. The fraction of sp³-hybridized carbons (Fsp3) is 0.333. The molecule has 2 N–H and O–H groups in total. The number of aromatic carboxylic acids is 1. The summed E-state index contributed by atoms with van der Waals surface area (Å²) in [7, 11) is 1.65. The highest BCUT2D eigenvalue weighted by molar-refractivity contribution is 6.11. The molecule has 0 fully saturated rings. The second-order valence-electron chi connectivity index (χ2n) is 10.2. The smallest absolute Gasteiger partial charge is 0.358 e. The number of rotatable bonds is 5. The van der Waals surface area contributed by atoms with E-state index in [0.717, 1.165) is 29.0 Å². The van der Waals surface area contributed by atoms with Gasteiger partial charge in [0.15, 0.2) is 17.1 Å². The minimum absolute atomic E-state index is 0.154. The van der Waals surface area contributed by atoms with Crippen molar-refractivity contribution in [1.29, 1.82) is 0 Å². The zero-order valence-corrected chi connectivity index (χ0v) is 20.8. The van der Waals surface area contributed by atoms with Crippen molar-refractivity contribution in [3.05, 3.63) is 76.5 Å². The number of fused-ring (bicyclic) bond motifs is 1. The number of carboxylic acid groups (broad SMARTS) is 1. The van der Waals surface area contributed by atoms with Crippen LogP contribution in [-0.4, -0.2) is 39.4 Å². The molecule has 0 saturated carbocycles. The number of ether oxygens (including phenoxy) is 1. The number of carbonyl (C=O) groups excluding carboxylic acids is 1. The highest BCUT2D eigenvalue weighted by atomic mass is 16.5. The number of anilines is 1. The van der Waals surface area contributed by atoms with Crippen LogP contribution >= 0.6 is 0 Å². The SMILES string of the molecule is COC1=C(C2c3c(n[nH]c3C(C)(C)C)C(=O)N2c2ccc(-c3cc(C(=O)O)no3)cc2)C(C)CC=C1. The normalized spacial score (nSPS) is 19.7. The lowest BCUT2D eigenvalue weighted by molar-refractivity contribution is 0.0685. The van der Waals surface area contributed by atoms with Gasteiger partial charge < -0.3 is 14.4 Å². The number of H-pyrrole nitrogens is 1. The number of carbonyl (C=O) groups is 2. The van der Waals surface area contributed by atoms with E-state index in [4.69, 9.17) is 14.4 Å². The van der Waals surface area contributed by atoms with Gasteiger partial charge in [-0.3, -0.25) is 14.8 Å². The van der Waals surface area contributed by atoms with E-state index < -0.39 is 5.97 Å². The van der Waals surface area contributed by atoms with Gasteiger partial charge in [0.2, 0.25) is 0 Å². The quantitative estimate of drug-likeness (QED) is 0.502. The summed E-state index contributed by atoms with van der Waals surface area (Å²) in [6.07, 6.45) is 4.90. The largest absolute Gasteiger partial charge is 0.497 e. The van der Waals surface area contributed by atoms with Crippen LogP contribution in [-0.2, 0) is 10.2 Å². The number of carboxylic acids is 1. The molecule has 2 atom stereocenters. The van der Waals surface area contributed by atoms with Crippen molar-refractivity contribution in [2.75, 3.05) is 12.0 Å². The van der Waals surface area contributed by atoms with Gasteiger partial charge in [-0.25, -0.2) is 4.79 Å². The van der Waals surface area contributed by atoms with Gasteiger partial charge in [-0.1, -0.05) is 38.9 Å². The van der Waals surface area contributed by atoms with Crippen LogP contribution in [0.1, 0.15) is 72.4 Å². The zero-order valence-electron chi connectivity index (χ0n) is 20.8. The molecule has 2 aromatic heterocycles. The Labute approximate surface area is 208 Å². The minimum atomic E-state index is -1.16. The zero-order chi connectivity index (χ0) is 25.8. The number of hydrogen-bond acceptors (Lipinski definition) is 6. The standard InChI is InChI=1S/C27H28N4O5/c1-14-7-6-8-18(35-5)20(14)23-21-22(28-29-24(21)27(2,3)4)25(32)31(23)16-11-9-15(10-12-16)19-13-17(26(33)34)30-36-19/h6,8-14,23H,7H2,1-5H3,(H,28,29)(H,33,34). The van der Waals surface area contributed by atoms with Gasteiger partial charge in [0.1, 0.15) is 5.76 Å². The van der Waals surface area contributed by atoms with E-state index in [2.05, 4.69) is 49.1 Å². The van der Waals surface area contributed by atoms with Gasteiger partial charge in [0.25, 0.3) is 5.91 Å². The minimum Gasteiger partial charge on any atom is -0.497 e. The average molecular weight is 489 g/mol. The Bertz CT molecular complexity index is 1400. The molecule has 36 heavy (non-hydrogen) atoms. The van der Waals surface area contributed by atoms with Crippen molar-refractivity contribution in [2.45, 2.75) is 45.6 Å². The van der Waals surface area contributed by atoms with E-state index in [1.807, 2.05) is 18.2 Å². The first-order valence-electron chi connectivity index (χ1n) is 11.8. The van der Waals surface area contributed by atoms with E-state index >= 15 is 0 Å². The summed E-state index contributed by atoms with van der Waals surface area (Å²) in [4.78, 5) is 26.7. The molecule has 0 bridgehead atoms. The van der Waals surface area contributed by atoms with Crippen LogP contribution in [0.4, 0.5) is 5.69 Å². The number of nitrogens with one attached hydrogen (secondary N) is 1. The van der Waals surface area contributed by atoms with Crippen molar-refractivity contribution in [1.82, 2.24) is 15.4 Å². The lowest BCUT2D eigenvalue weighted by Crippen LogP contribution is -2.33. The van der Waals surface area contributed by atoms with Crippen molar-refractivity contribution < 1.29 is 24.0 Å². The van der Waals surface area contributed by atoms with Gasteiger partial charge in [-0.2, -0.15) is 5.10 Å².